The Balaban J connectivity index is 1.80. The van der Waals surface area contributed by atoms with Crippen molar-refractivity contribution in [3.8, 4) is 0 Å². The normalized spacial score (nSPS) is 18.1. The number of nitrogens with zero attached hydrogens (tertiary/aromatic N) is 4. The molecule has 28 heavy (non-hydrogen) atoms. The molecule has 1 aliphatic carbocycles. The molecule has 1 heterocycles. The number of aliphatic imine (C=N–C) groups is 1. The Morgan fingerprint density at radius 1 is 1.18 bits per heavy atom. The van der Waals surface area contributed by atoms with Gasteiger partial charge in [-0.15, -0.1) is 0 Å². The molecule has 9 heteroatoms. The Morgan fingerprint density at radius 2 is 1.89 bits per heavy atom. The van der Waals surface area contributed by atoms with E-state index in [2.05, 4.69) is 25.4 Å². The molecular formula is C19H36N6O3. The Morgan fingerprint density at radius 3 is 2.50 bits per heavy atom. The van der Waals surface area contributed by atoms with E-state index in [9.17, 15) is 9.59 Å². The molecule has 9 nitrogen and oxygen atoms in total. The average molecular weight is 397 g/mol. The summed E-state index contributed by atoms with van der Waals surface area (Å²) in [5.74, 6) is 0.855. The summed E-state index contributed by atoms with van der Waals surface area (Å²) in [6.07, 6.45) is 3.11. The number of hydrogen-bond donors (Lipinski definition) is 2. The third-order valence-corrected chi connectivity index (χ3v) is 4.80. The summed E-state index contributed by atoms with van der Waals surface area (Å²) in [6, 6.07) is 0.405. The average Bonchev–Trinajstić information content (AvgIpc) is 3.48. The zero-order valence-corrected chi connectivity index (χ0v) is 17.6. The topological polar surface area (TPSA) is 89.5 Å². The molecule has 0 aromatic rings. The van der Waals surface area contributed by atoms with Crippen molar-refractivity contribution in [3.63, 3.8) is 0 Å². The van der Waals surface area contributed by atoms with Crippen LogP contribution in [0.2, 0.25) is 0 Å². The molecule has 1 saturated carbocycles. The second-order valence-corrected chi connectivity index (χ2v) is 7.51. The minimum absolute atomic E-state index is 0.0241. The van der Waals surface area contributed by atoms with Gasteiger partial charge in [-0.2, -0.15) is 0 Å². The van der Waals surface area contributed by atoms with E-state index in [0.717, 1.165) is 57.9 Å². The van der Waals surface area contributed by atoms with Gasteiger partial charge < -0.3 is 25.2 Å². The van der Waals surface area contributed by atoms with Gasteiger partial charge in [-0.3, -0.25) is 14.5 Å². The molecule has 1 saturated heterocycles. The van der Waals surface area contributed by atoms with Crippen molar-refractivity contribution in [2.45, 2.75) is 32.2 Å². The fourth-order valence-electron chi connectivity index (χ4n) is 2.89. The maximum absolute atomic E-state index is 12.0. The molecule has 0 aromatic carbocycles. The second-order valence-electron chi connectivity index (χ2n) is 7.51. The molecule has 2 amide bonds. The van der Waals surface area contributed by atoms with Gasteiger partial charge in [0.25, 0.3) is 0 Å². The minimum Gasteiger partial charge on any atom is -0.382 e. The van der Waals surface area contributed by atoms with Crippen LogP contribution in [0.4, 0.5) is 0 Å². The van der Waals surface area contributed by atoms with Gasteiger partial charge in [-0.25, -0.2) is 4.99 Å². The number of amides is 2. The molecule has 0 unspecified atom stereocenters. The molecule has 0 radical (unpaired) electrons. The highest BCUT2D eigenvalue weighted by molar-refractivity contribution is 5.85. The highest BCUT2D eigenvalue weighted by Gasteiger charge is 2.26. The van der Waals surface area contributed by atoms with Gasteiger partial charge in [0.15, 0.2) is 5.96 Å². The SMILES string of the molecule is CCOCCCNC(=NCC(=O)N(C)C)N1CCN(CC(=O)NC2CC2)CC1. The molecule has 160 valence electrons. The van der Waals surface area contributed by atoms with Crippen molar-refractivity contribution in [3.05, 3.63) is 0 Å². The van der Waals surface area contributed by atoms with Crippen LogP contribution in [0, 0.1) is 0 Å². The lowest BCUT2D eigenvalue weighted by atomic mass is 10.3. The van der Waals surface area contributed by atoms with Gasteiger partial charge in [0.1, 0.15) is 6.54 Å². The van der Waals surface area contributed by atoms with Gasteiger partial charge in [-0.1, -0.05) is 0 Å². The second kappa shape index (κ2) is 11.9. The number of piperazine rings is 1. The highest BCUT2D eigenvalue weighted by atomic mass is 16.5. The Kier molecular flexibility index (Phi) is 9.49. The van der Waals surface area contributed by atoms with Crippen molar-refractivity contribution >= 4 is 17.8 Å². The van der Waals surface area contributed by atoms with Crippen LogP contribution in [0.15, 0.2) is 4.99 Å². The fourth-order valence-corrected chi connectivity index (χ4v) is 2.89. The lowest BCUT2D eigenvalue weighted by Crippen LogP contribution is -2.54. The summed E-state index contributed by atoms with van der Waals surface area (Å²) in [7, 11) is 3.47. The lowest BCUT2D eigenvalue weighted by molar-refractivity contribution is -0.127. The van der Waals surface area contributed by atoms with Crippen LogP contribution in [0.25, 0.3) is 0 Å². The molecule has 0 spiro atoms. The number of likely N-dealkylation sites (N-methyl/N-ethyl adjacent to an activating group) is 1. The first-order valence-corrected chi connectivity index (χ1v) is 10.3. The van der Waals surface area contributed by atoms with Gasteiger partial charge >= 0.3 is 0 Å². The number of nitrogens with one attached hydrogen (secondary N) is 2. The number of rotatable bonds is 10. The van der Waals surface area contributed by atoms with E-state index in [1.54, 1.807) is 19.0 Å². The van der Waals surface area contributed by atoms with Crippen molar-refractivity contribution in [2.75, 3.05) is 73.1 Å². The standard InChI is InChI=1S/C19H36N6O3/c1-4-28-13-5-8-20-19(21-14-18(27)23(2)3)25-11-9-24(10-12-25)15-17(26)22-16-6-7-16/h16H,4-15H2,1-3H3,(H,20,21)(H,22,26). The van der Waals surface area contributed by atoms with Gasteiger partial charge in [0.2, 0.25) is 11.8 Å². The van der Waals surface area contributed by atoms with E-state index in [0.29, 0.717) is 25.8 Å². The smallest absolute Gasteiger partial charge is 0.243 e. The van der Waals surface area contributed by atoms with Crippen molar-refractivity contribution in [1.82, 2.24) is 25.3 Å². The third-order valence-electron chi connectivity index (χ3n) is 4.80. The predicted octanol–water partition coefficient (Wildman–Crippen LogP) is -0.657. The Hall–Kier alpha value is -1.87. The first-order valence-electron chi connectivity index (χ1n) is 10.3. The van der Waals surface area contributed by atoms with Crippen molar-refractivity contribution in [1.29, 1.82) is 0 Å². The summed E-state index contributed by atoms with van der Waals surface area (Å²) >= 11 is 0. The van der Waals surface area contributed by atoms with Crippen LogP contribution < -0.4 is 10.6 Å². The number of ether oxygens (including phenoxy) is 1. The summed E-state index contributed by atoms with van der Waals surface area (Å²) in [6.45, 7) is 7.91. The van der Waals surface area contributed by atoms with Gasteiger partial charge in [-0.05, 0) is 26.2 Å². The van der Waals surface area contributed by atoms with Crippen molar-refractivity contribution in [2.24, 2.45) is 4.99 Å². The van der Waals surface area contributed by atoms with Crippen LogP contribution in [0.3, 0.4) is 0 Å². The molecule has 2 N–H and O–H groups in total. The van der Waals surface area contributed by atoms with Crippen LogP contribution in [0.1, 0.15) is 26.2 Å². The van der Waals surface area contributed by atoms with Gasteiger partial charge in [0.05, 0.1) is 6.54 Å². The molecule has 0 bridgehead atoms. The highest BCUT2D eigenvalue weighted by Crippen LogP contribution is 2.18. The van der Waals surface area contributed by atoms with E-state index in [1.165, 1.54) is 0 Å². The molecule has 0 aromatic heterocycles. The Bertz CT molecular complexity index is 528. The lowest BCUT2D eigenvalue weighted by Gasteiger charge is -2.36. The molecular weight excluding hydrogens is 360 g/mol. The summed E-state index contributed by atoms with van der Waals surface area (Å²) in [5, 5.41) is 6.40. The van der Waals surface area contributed by atoms with Crippen LogP contribution in [-0.2, 0) is 14.3 Å². The quantitative estimate of drug-likeness (QED) is 0.290. The number of carbonyl (C=O) groups excluding carboxylic acids is 2. The minimum atomic E-state index is -0.0241. The van der Waals surface area contributed by atoms with E-state index >= 15 is 0 Å². The van der Waals surface area contributed by atoms with E-state index in [1.807, 2.05) is 6.92 Å². The van der Waals surface area contributed by atoms with E-state index in [-0.39, 0.29) is 18.4 Å². The molecule has 2 fully saturated rings. The predicted molar refractivity (Wildman–Crippen MR) is 109 cm³/mol. The largest absolute Gasteiger partial charge is 0.382 e. The number of carbonyl (C=O) groups is 2. The molecule has 1 aliphatic heterocycles. The maximum Gasteiger partial charge on any atom is 0.243 e. The summed E-state index contributed by atoms with van der Waals surface area (Å²) < 4.78 is 5.37. The zero-order chi connectivity index (χ0) is 20.4. The monoisotopic (exact) mass is 396 g/mol. The Labute approximate surface area is 168 Å². The third kappa shape index (κ3) is 8.43. The number of hydrogen-bond acceptors (Lipinski definition) is 5. The van der Waals surface area contributed by atoms with Gasteiger partial charge in [0, 0.05) is 66.1 Å². The first-order chi connectivity index (χ1) is 13.5. The zero-order valence-electron chi connectivity index (χ0n) is 17.6. The van der Waals surface area contributed by atoms with Crippen LogP contribution in [-0.4, -0.2) is 112 Å². The molecule has 0 atom stereocenters. The number of guanidine groups is 1. The van der Waals surface area contributed by atoms with Crippen molar-refractivity contribution < 1.29 is 14.3 Å². The summed E-state index contributed by atoms with van der Waals surface area (Å²) in [4.78, 5) is 34.3. The molecule has 2 aliphatic rings. The molecule has 2 rings (SSSR count). The van der Waals surface area contributed by atoms with E-state index in [4.69, 9.17) is 4.74 Å². The maximum atomic E-state index is 12.0. The van der Waals surface area contributed by atoms with E-state index < -0.39 is 0 Å². The van der Waals surface area contributed by atoms with Crippen LogP contribution in [0.5, 0.6) is 0 Å². The fraction of sp³-hybridized carbons (Fsp3) is 0.842. The summed E-state index contributed by atoms with van der Waals surface area (Å²) in [5.41, 5.74) is 0. The first kappa shape index (κ1) is 22.4. The van der Waals surface area contributed by atoms with Crippen LogP contribution >= 0.6 is 0 Å².